The number of hydrogen-bond donors (Lipinski definition) is 1. The molecule has 2 aromatic heterocycles. The van der Waals surface area contributed by atoms with Gasteiger partial charge in [0.2, 0.25) is 5.91 Å². The zero-order valence-corrected chi connectivity index (χ0v) is 13.8. The number of thiophene rings is 1. The molecule has 0 aliphatic rings. The molecule has 0 unspecified atom stereocenters. The van der Waals surface area contributed by atoms with Crippen LogP contribution < -0.4 is 10.9 Å². The van der Waals surface area contributed by atoms with E-state index < -0.39 is 0 Å². The first-order chi connectivity index (χ1) is 11.6. The third-order valence-corrected chi connectivity index (χ3v) is 4.72. The predicted octanol–water partition coefficient (Wildman–Crippen LogP) is 2.53. The maximum Gasteiger partial charge on any atom is 0.262 e. The number of nitrogens with one attached hydrogen (secondary N) is 1. The van der Waals surface area contributed by atoms with Crippen LogP contribution >= 0.6 is 11.3 Å². The molecule has 3 rings (SSSR count). The molecule has 120 valence electrons. The normalized spacial score (nSPS) is 10.5. The summed E-state index contributed by atoms with van der Waals surface area (Å²) >= 11 is 1.49. The maximum atomic E-state index is 12.4. The fourth-order valence-electron chi connectivity index (χ4n) is 2.28. The molecule has 1 amide bonds. The molecule has 7 heteroatoms. The minimum Gasteiger partial charge on any atom is -0.325 e. The smallest absolute Gasteiger partial charge is 0.262 e. The van der Waals surface area contributed by atoms with Gasteiger partial charge in [0.1, 0.15) is 11.4 Å². The Balaban J connectivity index is 1.78. The van der Waals surface area contributed by atoms with Gasteiger partial charge in [0.25, 0.3) is 5.56 Å². The van der Waals surface area contributed by atoms with E-state index in [0.29, 0.717) is 21.5 Å². The Morgan fingerprint density at radius 2 is 2.12 bits per heavy atom. The van der Waals surface area contributed by atoms with E-state index in [1.54, 1.807) is 24.3 Å². The van der Waals surface area contributed by atoms with E-state index in [2.05, 4.69) is 10.3 Å². The summed E-state index contributed by atoms with van der Waals surface area (Å²) in [6.07, 6.45) is 2.25. The number of anilines is 1. The summed E-state index contributed by atoms with van der Waals surface area (Å²) in [5.74, 6) is -0.325. The highest BCUT2D eigenvalue weighted by Crippen LogP contribution is 2.20. The van der Waals surface area contributed by atoms with E-state index in [0.717, 1.165) is 11.3 Å². The second-order valence-electron chi connectivity index (χ2n) is 5.20. The molecule has 0 saturated heterocycles. The van der Waals surface area contributed by atoms with Crippen molar-refractivity contribution in [2.75, 3.05) is 5.32 Å². The van der Waals surface area contributed by atoms with Gasteiger partial charge in [-0.1, -0.05) is 6.92 Å². The van der Waals surface area contributed by atoms with Crippen molar-refractivity contribution in [3.63, 3.8) is 0 Å². The largest absolute Gasteiger partial charge is 0.325 e. The first-order valence-electron chi connectivity index (χ1n) is 7.38. The van der Waals surface area contributed by atoms with Crippen LogP contribution in [0.2, 0.25) is 0 Å². The van der Waals surface area contributed by atoms with Crippen molar-refractivity contribution in [2.45, 2.75) is 19.9 Å². The van der Waals surface area contributed by atoms with E-state index in [1.807, 2.05) is 19.1 Å². The lowest BCUT2D eigenvalue weighted by atomic mass is 10.2. The summed E-state index contributed by atoms with van der Waals surface area (Å²) in [6.45, 7) is 1.91. The number of hydrogen-bond acceptors (Lipinski definition) is 5. The van der Waals surface area contributed by atoms with Gasteiger partial charge in [-0.3, -0.25) is 14.2 Å². The van der Waals surface area contributed by atoms with Crippen LogP contribution in [0, 0.1) is 11.3 Å². The van der Waals surface area contributed by atoms with Gasteiger partial charge in [-0.2, -0.15) is 5.26 Å². The lowest BCUT2D eigenvalue weighted by molar-refractivity contribution is -0.116. The number of aryl methyl sites for hydroxylation is 1. The van der Waals surface area contributed by atoms with Crippen LogP contribution in [0.4, 0.5) is 5.69 Å². The number of amides is 1. The fourth-order valence-corrected chi connectivity index (χ4v) is 3.21. The number of benzene rings is 1. The maximum absolute atomic E-state index is 12.4. The highest BCUT2D eigenvalue weighted by molar-refractivity contribution is 7.18. The highest BCUT2D eigenvalue weighted by atomic mass is 32.1. The molecule has 1 N–H and O–H groups in total. The number of carbonyl (C=O) groups excluding carboxylic acids is 1. The molecular weight excluding hydrogens is 324 g/mol. The van der Waals surface area contributed by atoms with Crippen LogP contribution in [0.5, 0.6) is 0 Å². The van der Waals surface area contributed by atoms with Gasteiger partial charge in [-0.05, 0) is 36.8 Å². The molecule has 0 saturated carbocycles. The van der Waals surface area contributed by atoms with Crippen LogP contribution in [0.1, 0.15) is 17.4 Å². The third kappa shape index (κ3) is 3.19. The van der Waals surface area contributed by atoms with E-state index in [4.69, 9.17) is 5.26 Å². The number of fused-ring (bicyclic) bond motifs is 1. The van der Waals surface area contributed by atoms with Gasteiger partial charge in [0, 0.05) is 10.6 Å². The van der Waals surface area contributed by atoms with Crippen molar-refractivity contribution >= 4 is 33.1 Å². The van der Waals surface area contributed by atoms with Crippen LogP contribution in [-0.4, -0.2) is 15.5 Å². The predicted molar refractivity (Wildman–Crippen MR) is 93.0 cm³/mol. The van der Waals surface area contributed by atoms with Crippen molar-refractivity contribution in [3.8, 4) is 6.07 Å². The second-order valence-corrected chi connectivity index (χ2v) is 6.32. The van der Waals surface area contributed by atoms with Crippen LogP contribution in [0.15, 0.2) is 41.5 Å². The molecule has 0 aliphatic carbocycles. The summed E-state index contributed by atoms with van der Waals surface area (Å²) in [5.41, 5.74) is 0.874. The van der Waals surface area contributed by atoms with Crippen molar-refractivity contribution in [1.82, 2.24) is 9.55 Å². The Morgan fingerprint density at radius 3 is 2.79 bits per heavy atom. The summed E-state index contributed by atoms with van der Waals surface area (Å²) < 4.78 is 1.30. The topological polar surface area (TPSA) is 87.8 Å². The minimum absolute atomic E-state index is 0.112. The van der Waals surface area contributed by atoms with Gasteiger partial charge in [0.05, 0.1) is 23.3 Å². The first kappa shape index (κ1) is 15.9. The first-order valence-corrected chi connectivity index (χ1v) is 8.20. The number of nitriles is 1. The highest BCUT2D eigenvalue weighted by Gasteiger charge is 2.11. The zero-order valence-electron chi connectivity index (χ0n) is 12.9. The Hall–Kier alpha value is -2.98. The fraction of sp³-hybridized carbons (Fsp3) is 0.176. The summed E-state index contributed by atoms with van der Waals surface area (Å²) in [6, 6.07) is 10.4. The third-order valence-electron chi connectivity index (χ3n) is 3.53. The van der Waals surface area contributed by atoms with Crippen molar-refractivity contribution in [1.29, 1.82) is 5.26 Å². The lowest BCUT2D eigenvalue weighted by Gasteiger charge is -2.07. The summed E-state index contributed by atoms with van der Waals surface area (Å²) in [5, 5.41) is 12.0. The van der Waals surface area contributed by atoms with Gasteiger partial charge < -0.3 is 5.32 Å². The Labute approximate surface area is 142 Å². The van der Waals surface area contributed by atoms with Crippen molar-refractivity contribution < 1.29 is 4.79 Å². The van der Waals surface area contributed by atoms with E-state index in [9.17, 15) is 9.59 Å². The molecule has 0 fully saturated rings. The zero-order chi connectivity index (χ0) is 17.1. The van der Waals surface area contributed by atoms with Gasteiger partial charge >= 0.3 is 0 Å². The second kappa shape index (κ2) is 6.64. The van der Waals surface area contributed by atoms with Crippen LogP contribution in [0.3, 0.4) is 0 Å². The molecule has 6 nitrogen and oxygen atoms in total. The van der Waals surface area contributed by atoms with E-state index >= 15 is 0 Å². The number of carbonyl (C=O) groups is 1. The molecule has 3 aromatic rings. The average molecular weight is 338 g/mol. The van der Waals surface area contributed by atoms with Crippen LogP contribution in [0.25, 0.3) is 10.2 Å². The van der Waals surface area contributed by atoms with Gasteiger partial charge in [-0.25, -0.2) is 4.98 Å². The SMILES string of the molecule is CCc1cc2c(=O)n(CC(=O)Nc3ccc(C#N)cc3)cnc2s1. The van der Waals surface area contributed by atoms with Gasteiger partial charge in [0.15, 0.2) is 0 Å². The van der Waals surface area contributed by atoms with Gasteiger partial charge in [-0.15, -0.1) is 11.3 Å². The van der Waals surface area contributed by atoms with E-state index in [1.165, 1.54) is 22.2 Å². The Morgan fingerprint density at radius 1 is 1.38 bits per heavy atom. The van der Waals surface area contributed by atoms with Crippen molar-refractivity contribution in [3.05, 3.63) is 57.5 Å². The monoisotopic (exact) mass is 338 g/mol. The lowest BCUT2D eigenvalue weighted by Crippen LogP contribution is -2.27. The quantitative estimate of drug-likeness (QED) is 0.792. The standard InChI is InChI=1S/C17H14N4O2S/c1-2-13-7-14-16(24-13)19-10-21(17(14)23)9-15(22)20-12-5-3-11(8-18)4-6-12/h3-7,10H,2,9H2,1H3,(H,20,22). The summed E-state index contributed by atoms with van der Waals surface area (Å²) in [7, 11) is 0. The molecule has 0 atom stereocenters. The molecule has 0 aliphatic heterocycles. The Kier molecular flexibility index (Phi) is 4.40. The number of rotatable bonds is 4. The molecular formula is C17H14N4O2S. The van der Waals surface area contributed by atoms with Crippen LogP contribution in [-0.2, 0) is 17.8 Å². The molecule has 0 spiro atoms. The molecule has 2 heterocycles. The number of aromatic nitrogens is 2. The summed E-state index contributed by atoms with van der Waals surface area (Å²) in [4.78, 5) is 30.6. The van der Waals surface area contributed by atoms with E-state index in [-0.39, 0.29) is 18.0 Å². The average Bonchev–Trinajstić information content (AvgIpc) is 3.02. The minimum atomic E-state index is -0.325. The number of nitrogens with zero attached hydrogens (tertiary/aromatic N) is 3. The molecule has 1 aromatic carbocycles. The molecule has 24 heavy (non-hydrogen) atoms. The van der Waals surface area contributed by atoms with Crippen molar-refractivity contribution in [2.24, 2.45) is 0 Å². The Bertz CT molecular complexity index is 996. The molecule has 0 bridgehead atoms. The molecule has 0 radical (unpaired) electrons.